The molecule has 1 aliphatic rings. The van der Waals surface area contributed by atoms with Gasteiger partial charge in [0.25, 0.3) is 0 Å². The van der Waals surface area contributed by atoms with Gasteiger partial charge in [0.2, 0.25) is 5.95 Å². The summed E-state index contributed by atoms with van der Waals surface area (Å²) in [6, 6.07) is 4.90. The van der Waals surface area contributed by atoms with Gasteiger partial charge in [-0.1, -0.05) is 0 Å². The topological polar surface area (TPSA) is 53.9 Å². The summed E-state index contributed by atoms with van der Waals surface area (Å²) in [4.78, 5) is 6.80. The highest BCUT2D eigenvalue weighted by Crippen LogP contribution is 2.27. The molecule has 1 heterocycles. The van der Waals surface area contributed by atoms with Gasteiger partial charge in [0.1, 0.15) is 5.52 Å². The normalized spacial score (nSPS) is 18.0. The van der Waals surface area contributed by atoms with E-state index in [0.29, 0.717) is 12.0 Å². The molecule has 1 aromatic carbocycles. The van der Waals surface area contributed by atoms with Crippen molar-refractivity contribution in [3.63, 3.8) is 0 Å². The molecule has 1 aromatic heterocycles. The number of likely N-dealkylation sites (N-methyl/N-ethyl adjacent to an activating group) is 1. The van der Waals surface area contributed by atoms with Crippen LogP contribution in [0.4, 0.5) is 5.95 Å². The van der Waals surface area contributed by atoms with E-state index in [9.17, 15) is 0 Å². The number of fused-ring (bicyclic) bond motifs is 2. The molecule has 0 aliphatic heterocycles. The molecule has 0 amide bonds. The molecule has 1 atom stereocenters. The Morgan fingerprint density at radius 1 is 1.16 bits per heavy atom. The monoisotopic (exact) mass is 257 g/mol. The van der Waals surface area contributed by atoms with Crippen LogP contribution in [0.5, 0.6) is 0 Å². The van der Waals surface area contributed by atoms with Gasteiger partial charge in [0.15, 0.2) is 0 Å². The van der Waals surface area contributed by atoms with Crippen LogP contribution >= 0.6 is 0 Å². The number of aromatic nitrogens is 3. The lowest BCUT2D eigenvalue weighted by molar-refractivity contribution is 0.303. The van der Waals surface area contributed by atoms with Crippen molar-refractivity contribution in [1.29, 1.82) is 0 Å². The number of nitrogens with one attached hydrogen (secondary N) is 1. The van der Waals surface area contributed by atoms with Crippen LogP contribution in [-0.4, -0.2) is 46.8 Å². The van der Waals surface area contributed by atoms with Gasteiger partial charge in [-0.15, -0.1) is 10.2 Å². The lowest BCUT2D eigenvalue weighted by Crippen LogP contribution is -2.27. The smallest absolute Gasteiger partial charge is 0.243 e. The molecule has 0 radical (unpaired) electrons. The molecular weight excluding hydrogens is 238 g/mol. The van der Waals surface area contributed by atoms with Crippen molar-refractivity contribution in [2.45, 2.75) is 25.8 Å². The van der Waals surface area contributed by atoms with Crippen molar-refractivity contribution in [3.8, 4) is 0 Å². The minimum absolute atomic E-state index is 0.591. The molecular formula is C14H19N5. The zero-order valence-electron chi connectivity index (χ0n) is 11.6. The van der Waals surface area contributed by atoms with Gasteiger partial charge in [-0.25, -0.2) is 4.98 Å². The summed E-state index contributed by atoms with van der Waals surface area (Å²) < 4.78 is 0. The van der Waals surface area contributed by atoms with E-state index in [1.165, 1.54) is 11.1 Å². The molecule has 0 bridgehead atoms. The molecule has 1 aliphatic carbocycles. The Hall–Kier alpha value is -1.75. The molecule has 5 heteroatoms. The number of hydrogen-bond donors (Lipinski definition) is 1. The summed E-state index contributed by atoms with van der Waals surface area (Å²) in [7, 11) is 4.27. The Morgan fingerprint density at radius 3 is 2.47 bits per heavy atom. The van der Waals surface area contributed by atoms with Crippen molar-refractivity contribution in [2.75, 3.05) is 26.0 Å². The van der Waals surface area contributed by atoms with Crippen molar-refractivity contribution in [1.82, 2.24) is 20.1 Å². The van der Waals surface area contributed by atoms with E-state index in [4.69, 9.17) is 0 Å². The van der Waals surface area contributed by atoms with Crippen molar-refractivity contribution in [3.05, 3.63) is 23.3 Å². The number of nitrogens with zero attached hydrogens (tertiary/aromatic N) is 4. The first kappa shape index (κ1) is 12.3. The van der Waals surface area contributed by atoms with Crippen molar-refractivity contribution in [2.24, 2.45) is 0 Å². The van der Waals surface area contributed by atoms with Crippen LogP contribution in [0.3, 0.4) is 0 Å². The van der Waals surface area contributed by atoms with Crippen LogP contribution in [0.2, 0.25) is 0 Å². The highest BCUT2D eigenvalue weighted by Gasteiger charge is 2.23. The maximum absolute atomic E-state index is 4.51. The van der Waals surface area contributed by atoms with E-state index in [0.717, 1.165) is 30.4 Å². The summed E-state index contributed by atoms with van der Waals surface area (Å²) in [5, 5.41) is 11.5. The van der Waals surface area contributed by atoms with Gasteiger partial charge in [-0.3, -0.25) is 0 Å². The van der Waals surface area contributed by atoms with Crippen molar-refractivity contribution < 1.29 is 0 Å². The van der Waals surface area contributed by atoms with E-state index in [1.807, 2.05) is 6.92 Å². The SMILES string of the molecule is CCNc1nnc2cc3c(cc2n1)CC(N(C)C)C3. The molecule has 1 N–H and O–H groups in total. The van der Waals surface area contributed by atoms with Crippen LogP contribution in [0.25, 0.3) is 11.0 Å². The molecule has 5 nitrogen and oxygen atoms in total. The number of rotatable bonds is 3. The number of benzene rings is 1. The first-order chi connectivity index (χ1) is 9.17. The Balaban J connectivity index is 2.00. The van der Waals surface area contributed by atoms with E-state index < -0.39 is 0 Å². The largest absolute Gasteiger partial charge is 0.353 e. The Bertz CT molecular complexity index is 608. The van der Waals surface area contributed by atoms with Crippen LogP contribution < -0.4 is 5.32 Å². The van der Waals surface area contributed by atoms with Gasteiger partial charge in [-0.2, -0.15) is 0 Å². The third-order valence-corrected chi connectivity index (χ3v) is 3.75. The Labute approximate surface area is 113 Å². The molecule has 1 unspecified atom stereocenters. The minimum Gasteiger partial charge on any atom is -0.353 e. The Kier molecular flexibility index (Phi) is 3.06. The third-order valence-electron chi connectivity index (χ3n) is 3.75. The maximum atomic E-state index is 4.51. The van der Waals surface area contributed by atoms with Gasteiger partial charge in [0, 0.05) is 12.6 Å². The molecule has 0 fully saturated rings. The van der Waals surface area contributed by atoms with Crippen LogP contribution in [0, 0.1) is 0 Å². The molecule has 0 saturated carbocycles. The summed E-state index contributed by atoms with van der Waals surface area (Å²) in [6.45, 7) is 2.83. The zero-order chi connectivity index (χ0) is 13.4. The van der Waals surface area contributed by atoms with Crippen LogP contribution in [-0.2, 0) is 12.8 Å². The average molecular weight is 257 g/mol. The summed E-state index contributed by atoms with van der Waals surface area (Å²) in [5.74, 6) is 0.608. The molecule has 100 valence electrons. The second-order valence-corrected chi connectivity index (χ2v) is 5.30. The van der Waals surface area contributed by atoms with Gasteiger partial charge >= 0.3 is 0 Å². The minimum atomic E-state index is 0.591. The van der Waals surface area contributed by atoms with E-state index in [2.05, 4.69) is 51.6 Å². The second kappa shape index (κ2) is 4.74. The first-order valence-corrected chi connectivity index (χ1v) is 6.74. The molecule has 19 heavy (non-hydrogen) atoms. The standard InChI is InChI=1S/C14H19N5/c1-4-15-14-16-12-7-9-5-11(19(2)3)6-10(9)8-13(12)17-18-14/h7-8,11H,4-6H2,1-3H3,(H,15,16,18). The third kappa shape index (κ3) is 2.26. The second-order valence-electron chi connectivity index (χ2n) is 5.30. The number of hydrogen-bond acceptors (Lipinski definition) is 5. The molecule has 3 rings (SSSR count). The highest BCUT2D eigenvalue weighted by molar-refractivity contribution is 5.77. The quantitative estimate of drug-likeness (QED) is 0.902. The molecule has 0 spiro atoms. The molecule has 0 saturated heterocycles. The van der Waals surface area contributed by atoms with E-state index in [1.54, 1.807) is 0 Å². The van der Waals surface area contributed by atoms with E-state index in [-0.39, 0.29) is 0 Å². The van der Waals surface area contributed by atoms with Gasteiger partial charge in [-0.05, 0) is 57.1 Å². The van der Waals surface area contributed by atoms with E-state index >= 15 is 0 Å². The lowest BCUT2D eigenvalue weighted by atomic mass is 10.1. The Morgan fingerprint density at radius 2 is 1.84 bits per heavy atom. The first-order valence-electron chi connectivity index (χ1n) is 6.74. The fourth-order valence-electron chi connectivity index (χ4n) is 2.63. The predicted molar refractivity (Wildman–Crippen MR) is 76.4 cm³/mol. The summed E-state index contributed by atoms with van der Waals surface area (Å²) >= 11 is 0. The molecule has 2 aromatic rings. The maximum Gasteiger partial charge on any atom is 0.243 e. The van der Waals surface area contributed by atoms with Crippen LogP contribution in [0.1, 0.15) is 18.1 Å². The van der Waals surface area contributed by atoms with Gasteiger partial charge < -0.3 is 10.2 Å². The average Bonchev–Trinajstić information content (AvgIpc) is 2.79. The summed E-state index contributed by atoms with van der Waals surface area (Å²) in [6.07, 6.45) is 2.19. The van der Waals surface area contributed by atoms with Crippen molar-refractivity contribution >= 4 is 17.0 Å². The van der Waals surface area contributed by atoms with Crippen LogP contribution in [0.15, 0.2) is 12.1 Å². The number of anilines is 1. The predicted octanol–water partition coefficient (Wildman–Crippen LogP) is 1.49. The summed E-state index contributed by atoms with van der Waals surface area (Å²) in [5.41, 5.74) is 4.61. The fraction of sp³-hybridized carbons (Fsp3) is 0.500. The lowest BCUT2D eigenvalue weighted by Gasteiger charge is -2.17. The zero-order valence-corrected chi connectivity index (χ0v) is 11.6. The van der Waals surface area contributed by atoms with Gasteiger partial charge in [0.05, 0.1) is 5.52 Å². The fourth-order valence-corrected chi connectivity index (χ4v) is 2.63. The highest BCUT2D eigenvalue weighted by atomic mass is 15.2.